The van der Waals surface area contributed by atoms with E-state index in [9.17, 15) is 0 Å². The van der Waals surface area contributed by atoms with Gasteiger partial charge in [-0.2, -0.15) is 0 Å². The Hall–Kier alpha value is -5.98. The van der Waals surface area contributed by atoms with E-state index >= 15 is 0 Å². The van der Waals surface area contributed by atoms with Gasteiger partial charge in [-0.1, -0.05) is 108 Å². The van der Waals surface area contributed by atoms with E-state index in [0.717, 1.165) is 40.8 Å². The molecule has 292 valence electrons. The molecule has 0 fully saturated rings. The third-order valence-corrected chi connectivity index (χ3v) is 16.0. The zero-order valence-corrected chi connectivity index (χ0v) is 36.0. The lowest BCUT2D eigenvalue weighted by Gasteiger charge is -2.49. The van der Waals surface area contributed by atoms with Gasteiger partial charge in [0, 0.05) is 64.9 Å². The summed E-state index contributed by atoms with van der Waals surface area (Å²) in [6.07, 6.45) is 2.34. The van der Waals surface area contributed by atoms with E-state index in [-0.39, 0.29) is 23.1 Å². The van der Waals surface area contributed by atoms with E-state index in [0.29, 0.717) is 0 Å². The van der Waals surface area contributed by atoms with Gasteiger partial charge in [-0.25, -0.2) is 0 Å². The van der Waals surface area contributed by atoms with Crippen LogP contribution in [0.25, 0.3) is 31.3 Å². The van der Waals surface area contributed by atoms with Crippen LogP contribution < -0.4 is 30.1 Å². The summed E-state index contributed by atoms with van der Waals surface area (Å²) in [6, 6.07) is 45.3. The first-order chi connectivity index (χ1) is 28.9. The van der Waals surface area contributed by atoms with Crippen LogP contribution in [0.2, 0.25) is 0 Å². The van der Waals surface area contributed by atoms with Gasteiger partial charge in [0.25, 0.3) is 0 Å². The van der Waals surface area contributed by atoms with Crippen LogP contribution in [0.4, 0.5) is 28.4 Å². The van der Waals surface area contributed by atoms with Gasteiger partial charge in [-0.3, -0.25) is 0 Å². The Kier molecular flexibility index (Phi) is 6.64. The molecule has 0 bridgehead atoms. The van der Waals surface area contributed by atoms with Gasteiger partial charge in [-0.05, 0) is 113 Å². The van der Waals surface area contributed by atoms with Crippen molar-refractivity contribution >= 4 is 77.7 Å². The summed E-state index contributed by atoms with van der Waals surface area (Å²) in [4.78, 5) is 5.24. The number of hydrogen-bond acceptors (Lipinski definition) is 5. The lowest BCUT2D eigenvalue weighted by atomic mass is 9.43. The number of aryl methyl sites for hydroxylation is 1. The van der Waals surface area contributed by atoms with Crippen molar-refractivity contribution in [2.24, 2.45) is 0 Å². The Labute approximate surface area is 356 Å². The molecule has 0 N–H and O–H groups in total. The SMILES string of the molecule is Cc1cc2c(cc1N1c3cc4c(cc3B3c5c1cc1c(sc6ccccc61)c5-c1cccc5c1N3c1ccccc1O5)Oc1ccccc1C4(C)C)C(C)(C)CCC2(C)C. The minimum absolute atomic E-state index is 0.0453. The van der Waals surface area contributed by atoms with Crippen LogP contribution in [0.3, 0.4) is 0 Å². The molecule has 4 nitrogen and oxygen atoms in total. The monoisotopic (exact) mass is 796 g/mol. The zero-order chi connectivity index (χ0) is 40.6. The number of nitrogens with zero attached hydrogens (tertiary/aromatic N) is 2. The summed E-state index contributed by atoms with van der Waals surface area (Å²) in [7, 11) is 0. The molecule has 0 saturated carbocycles. The number of thiophene rings is 1. The average Bonchev–Trinajstić information content (AvgIpc) is 3.61. The van der Waals surface area contributed by atoms with Gasteiger partial charge in [0.15, 0.2) is 5.75 Å². The van der Waals surface area contributed by atoms with Gasteiger partial charge in [0.2, 0.25) is 0 Å². The molecule has 0 amide bonds. The predicted octanol–water partition coefficient (Wildman–Crippen LogP) is 14.0. The van der Waals surface area contributed by atoms with E-state index in [1.54, 1.807) is 0 Å². The van der Waals surface area contributed by atoms with Gasteiger partial charge >= 0.3 is 6.85 Å². The summed E-state index contributed by atoms with van der Waals surface area (Å²) in [5.74, 6) is 3.62. The maximum absolute atomic E-state index is 6.99. The van der Waals surface area contributed by atoms with E-state index in [2.05, 4.69) is 180 Å². The highest BCUT2D eigenvalue weighted by Gasteiger charge is 2.50. The lowest BCUT2D eigenvalue weighted by Crippen LogP contribution is -2.62. The highest BCUT2D eigenvalue weighted by molar-refractivity contribution is 7.26. The number of anilines is 5. The summed E-state index contributed by atoms with van der Waals surface area (Å²) in [5.41, 5.74) is 17.5. The molecule has 6 heteroatoms. The molecule has 0 spiro atoms. The van der Waals surface area contributed by atoms with Crippen molar-refractivity contribution in [2.45, 2.75) is 77.6 Å². The largest absolute Gasteiger partial charge is 0.457 e. The smallest absolute Gasteiger partial charge is 0.333 e. The predicted molar refractivity (Wildman–Crippen MR) is 252 cm³/mol. The topological polar surface area (TPSA) is 24.9 Å². The highest BCUT2D eigenvalue weighted by Crippen LogP contribution is 2.59. The second-order valence-electron chi connectivity index (χ2n) is 19.6. The first kappa shape index (κ1) is 34.8. The maximum Gasteiger partial charge on any atom is 0.333 e. The molecule has 13 rings (SSSR count). The molecule has 1 aromatic heterocycles. The molecular formula is C54H45BN2O2S. The fourth-order valence-electron chi connectivity index (χ4n) is 11.6. The van der Waals surface area contributed by atoms with Crippen molar-refractivity contribution in [1.29, 1.82) is 0 Å². The molecule has 4 aliphatic heterocycles. The molecule has 8 aromatic rings. The number of ether oxygens (including phenoxy) is 2. The van der Waals surface area contributed by atoms with Crippen molar-refractivity contribution in [3.05, 3.63) is 149 Å². The molecular weight excluding hydrogens is 751 g/mol. The first-order valence-electron chi connectivity index (χ1n) is 21.5. The van der Waals surface area contributed by atoms with Crippen molar-refractivity contribution in [1.82, 2.24) is 0 Å². The Bertz CT molecular complexity index is 3250. The van der Waals surface area contributed by atoms with Crippen molar-refractivity contribution in [3.8, 4) is 34.1 Å². The molecule has 60 heavy (non-hydrogen) atoms. The van der Waals surface area contributed by atoms with Gasteiger partial charge in [-0.15, -0.1) is 11.3 Å². The van der Waals surface area contributed by atoms with Gasteiger partial charge in [0.1, 0.15) is 17.2 Å². The second-order valence-corrected chi connectivity index (χ2v) is 20.6. The molecule has 5 aliphatic rings. The number of fused-ring (bicyclic) bond motifs is 13. The van der Waals surface area contributed by atoms with Crippen molar-refractivity contribution in [3.63, 3.8) is 0 Å². The van der Waals surface area contributed by atoms with Crippen LogP contribution in [0, 0.1) is 6.92 Å². The first-order valence-corrected chi connectivity index (χ1v) is 22.3. The van der Waals surface area contributed by atoms with Crippen LogP contribution in [0.1, 0.15) is 82.2 Å². The Morgan fingerprint density at radius 2 is 1.25 bits per heavy atom. The molecule has 0 saturated heterocycles. The number of rotatable bonds is 1. The summed E-state index contributed by atoms with van der Waals surface area (Å²) in [6.45, 7) is 16.7. The number of benzene rings is 7. The van der Waals surface area contributed by atoms with Crippen LogP contribution in [0.15, 0.2) is 121 Å². The van der Waals surface area contributed by atoms with Crippen LogP contribution in [0.5, 0.6) is 23.0 Å². The zero-order valence-electron chi connectivity index (χ0n) is 35.2. The van der Waals surface area contributed by atoms with Crippen molar-refractivity contribution in [2.75, 3.05) is 9.71 Å². The fraction of sp³-hybridized carbons (Fsp3) is 0.222. The van der Waals surface area contributed by atoms with Gasteiger partial charge < -0.3 is 19.2 Å². The number of para-hydroxylation sites is 4. The average molecular weight is 797 g/mol. The lowest BCUT2D eigenvalue weighted by molar-refractivity contribution is 0.332. The number of hydrogen-bond donors (Lipinski definition) is 0. The quantitative estimate of drug-likeness (QED) is 0.155. The highest BCUT2D eigenvalue weighted by atomic mass is 32.1. The molecule has 5 heterocycles. The Morgan fingerprint density at radius 3 is 2.08 bits per heavy atom. The fourth-order valence-corrected chi connectivity index (χ4v) is 12.8. The van der Waals surface area contributed by atoms with Gasteiger partial charge in [0.05, 0.1) is 11.4 Å². The third-order valence-electron chi connectivity index (χ3n) is 14.8. The summed E-state index contributed by atoms with van der Waals surface area (Å²) < 4.78 is 16.4. The molecule has 0 unspecified atom stereocenters. The Balaban J connectivity index is 1.21. The molecule has 7 aromatic carbocycles. The summed E-state index contributed by atoms with van der Waals surface area (Å²) >= 11 is 1.92. The summed E-state index contributed by atoms with van der Waals surface area (Å²) in [5, 5.41) is 2.60. The molecule has 1 aliphatic carbocycles. The standard InChI is InChI=1S/C54H45BN2O2S/c1-30-25-35-36(53(4,5)24-23-52(35,2)3)27-40(30)56-41-28-37-46(58-43-19-11-9-17-34(43)54(37,6)7)29-38(41)55-49-42(56)26-33-31-15-8-13-22-47(31)60-51(33)48(49)32-16-14-21-45-50(32)57(55)39-18-10-12-20-44(39)59-45/h8-22,25-29H,23-24H2,1-7H3. The Morgan fingerprint density at radius 1 is 0.567 bits per heavy atom. The second kappa shape index (κ2) is 11.4. The van der Waals surface area contributed by atoms with Crippen LogP contribution >= 0.6 is 11.3 Å². The molecule has 0 radical (unpaired) electrons. The third kappa shape index (κ3) is 4.37. The van der Waals surface area contributed by atoms with Crippen LogP contribution in [-0.2, 0) is 16.2 Å². The molecule has 0 atom stereocenters. The maximum atomic E-state index is 6.99. The minimum Gasteiger partial charge on any atom is -0.457 e. The van der Waals surface area contributed by atoms with E-state index in [1.165, 1.54) is 93.5 Å². The normalized spacial score (nSPS) is 17.7. The minimum atomic E-state index is -0.293. The van der Waals surface area contributed by atoms with Crippen LogP contribution in [-0.4, -0.2) is 6.85 Å². The van der Waals surface area contributed by atoms with Crippen molar-refractivity contribution < 1.29 is 9.47 Å². The van der Waals surface area contributed by atoms with E-state index in [4.69, 9.17) is 9.47 Å². The van der Waals surface area contributed by atoms with E-state index < -0.39 is 0 Å². The van der Waals surface area contributed by atoms with E-state index in [1.807, 2.05) is 11.3 Å².